The van der Waals surface area contributed by atoms with E-state index in [4.69, 9.17) is 9.47 Å². The van der Waals surface area contributed by atoms with Crippen molar-refractivity contribution in [3.8, 4) is 5.75 Å². The summed E-state index contributed by atoms with van der Waals surface area (Å²) >= 11 is 0. The number of aryl methyl sites for hydroxylation is 1. The number of nitrogens with zero attached hydrogens (tertiary/aromatic N) is 2. The van der Waals surface area contributed by atoms with E-state index in [2.05, 4.69) is 10.3 Å². The third kappa shape index (κ3) is 4.88. The number of amides is 1. The molecule has 146 valence electrons. The van der Waals surface area contributed by atoms with Gasteiger partial charge in [-0.2, -0.15) is 0 Å². The van der Waals surface area contributed by atoms with Gasteiger partial charge in [0.05, 0.1) is 17.9 Å². The van der Waals surface area contributed by atoms with Gasteiger partial charge in [-0.3, -0.25) is 4.79 Å². The van der Waals surface area contributed by atoms with Gasteiger partial charge in [-0.15, -0.1) is 0 Å². The van der Waals surface area contributed by atoms with Crippen molar-refractivity contribution in [3.63, 3.8) is 0 Å². The van der Waals surface area contributed by atoms with Gasteiger partial charge in [0.2, 0.25) is 0 Å². The Labute approximate surface area is 163 Å². The molecule has 0 saturated carbocycles. The average molecular weight is 381 g/mol. The molecule has 1 N–H and O–H groups in total. The van der Waals surface area contributed by atoms with Gasteiger partial charge in [0, 0.05) is 18.1 Å². The molecule has 7 heteroatoms. The number of anilines is 1. The van der Waals surface area contributed by atoms with Crippen LogP contribution in [-0.4, -0.2) is 34.5 Å². The molecule has 3 aromatic rings. The maximum absolute atomic E-state index is 12.2. The number of nitrogens with one attached hydrogen (secondary N) is 1. The summed E-state index contributed by atoms with van der Waals surface area (Å²) in [5.74, 6) is -0.206. The number of carbonyl (C=O) groups is 2. The summed E-state index contributed by atoms with van der Waals surface area (Å²) < 4.78 is 12.7. The highest BCUT2D eigenvalue weighted by Crippen LogP contribution is 2.19. The van der Waals surface area contributed by atoms with Gasteiger partial charge >= 0.3 is 5.97 Å². The highest BCUT2D eigenvalue weighted by molar-refractivity contribution is 5.95. The van der Waals surface area contributed by atoms with E-state index in [1.54, 1.807) is 30.3 Å². The van der Waals surface area contributed by atoms with Crippen LogP contribution in [0.15, 0.2) is 48.8 Å². The van der Waals surface area contributed by atoms with E-state index in [1.807, 2.05) is 36.7 Å². The van der Waals surface area contributed by atoms with E-state index < -0.39 is 5.97 Å². The molecule has 0 aliphatic rings. The lowest BCUT2D eigenvalue weighted by Gasteiger charge is -2.09. The summed E-state index contributed by atoms with van der Waals surface area (Å²) in [5.41, 5.74) is 2.42. The molecule has 1 aromatic carbocycles. The van der Waals surface area contributed by atoms with Crippen molar-refractivity contribution >= 4 is 23.2 Å². The number of esters is 1. The number of rotatable bonds is 8. The molecule has 7 nitrogen and oxygen atoms in total. The lowest BCUT2D eigenvalue weighted by Crippen LogP contribution is -2.20. The van der Waals surface area contributed by atoms with Crippen LogP contribution >= 0.6 is 0 Å². The zero-order chi connectivity index (χ0) is 19.9. The predicted octanol–water partition coefficient (Wildman–Crippen LogP) is 3.62. The summed E-state index contributed by atoms with van der Waals surface area (Å²) in [6.07, 6.45) is 5.53. The van der Waals surface area contributed by atoms with Crippen LogP contribution in [0.4, 0.5) is 5.69 Å². The second-order valence-corrected chi connectivity index (χ2v) is 6.39. The van der Waals surface area contributed by atoms with Crippen LogP contribution in [0.5, 0.6) is 5.75 Å². The minimum absolute atomic E-state index is 0.170. The molecule has 0 fully saturated rings. The number of carbonyl (C=O) groups excluding carboxylic acids is 2. The largest absolute Gasteiger partial charge is 0.480 e. The summed E-state index contributed by atoms with van der Waals surface area (Å²) in [4.78, 5) is 28.7. The van der Waals surface area contributed by atoms with Gasteiger partial charge < -0.3 is 19.2 Å². The molecule has 0 aliphatic heterocycles. The molecular formula is C21H23N3O4. The number of fused-ring (bicyclic) bond motifs is 1. The highest BCUT2D eigenvalue weighted by atomic mass is 16.5. The molecule has 1 amide bonds. The quantitative estimate of drug-likeness (QED) is 0.476. The van der Waals surface area contributed by atoms with Gasteiger partial charge in [-0.25, -0.2) is 9.78 Å². The Morgan fingerprint density at radius 2 is 2.07 bits per heavy atom. The van der Waals surface area contributed by atoms with E-state index in [9.17, 15) is 9.59 Å². The maximum atomic E-state index is 12.2. The van der Waals surface area contributed by atoms with Crippen molar-refractivity contribution in [2.24, 2.45) is 0 Å². The van der Waals surface area contributed by atoms with Crippen LogP contribution in [0.3, 0.4) is 0 Å². The van der Waals surface area contributed by atoms with Gasteiger partial charge in [-0.05, 0) is 43.7 Å². The van der Waals surface area contributed by atoms with Gasteiger partial charge in [-0.1, -0.05) is 19.4 Å². The third-order valence-electron chi connectivity index (χ3n) is 4.04. The predicted molar refractivity (Wildman–Crippen MR) is 106 cm³/mol. The summed E-state index contributed by atoms with van der Waals surface area (Å²) in [5, 5.41) is 2.73. The Morgan fingerprint density at radius 3 is 2.89 bits per heavy atom. The van der Waals surface area contributed by atoms with E-state index >= 15 is 0 Å². The lowest BCUT2D eigenvalue weighted by atomic mass is 10.2. The fourth-order valence-electron chi connectivity index (χ4n) is 2.68. The molecule has 0 atom stereocenters. The molecule has 0 bridgehead atoms. The zero-order valence-corrected chi connectivity index (χ0v) is 16.0. The Balaban J connectivity index is 1.59. The number of imidazole rings is 1. The second kappa shape index (κ2) is 9.03. The molecule has 0 saturated heterocycles. The smallest absolute Gasteiger partial charge is 0.338 e. The standard InChI is InChI=1S/C21H23N3O4/c1-3-4-11-27-21(26)16-7-5-8-17(12-16)23-19(25)14-28-18-9-6-10-24-13-15(2)22-20(18)24/h5-10,12-13H,3-4,11,14H2,1-2H3,(H,23,25). The van der Waals surface area contributed by atoms with E-state index in [0.29, 0.717) is 29.3 Å². The first-order valence-electron chi connectivity index (χ1n) is 9.21. The Kier molecular flexibility index (Phi) is 6.26. The van der Waals surface area contributed by atoms with Crippen LogP contribution in [-0.2, 0) is 9.53 Å². The molecule has 0 unspecified atom stereocenters. The molecule has 2 aromatic heterocycles. The number of aromatic nitrogens is 2. The fraction of sp³-hybridized carbons (Fsp3) is 0.286. The number of hydrogen-bond donors (Lipinski definition) is 1. The Bertz CT molecular complexity index is 981. The molecule has 0 radical (unpaired) electrons. The van der Waals surface area contributed by atoms with E-state index in [0.717, 1.165) is 18.5 Å². The van der Waals surface area contributed by atoms with Crippen LogP contribution in [0, 0.1) is 6.92 Å². The molecular weight excluding hydrogens is 358 g/mol. The monoisotopic (exact) mass is 381 g/mol. The molecule has 3 rings (SSSR count). The summed E-state index contributed by atoms with van der Waals surface area (Å²) in [6, 6.07) is 10.2. The van der Waals surface area contributed by atoms with Crippen molar-refractivity contribution < 1.29 is 19.1 Å². The van der Waals surface area contributed by atoms with Crippen LogP contribution in [0.2, 0.25) is 0 Å². The van der Waals surface area contributed by atoms with Gasteiger partial charge in [0.25, 0.3) is 5.91 Å². The number of benzene rings is 1. The molecule has 0 spiro atoms. The fourth-order valence-corrected chi connectivity index (χ4v) is 2.68. The van der Waals surface area contributed by atoms with Crippen LogP contribution in [0.25, 0.3) is 5.65 Å². The minimum atomic E-state index is -0.401. The van der Waals surface area contributed by atoms with E-state index in [1.165, 1.54) is 0 Å². The number of ether oxygens (including phenoxy) is 2. The molecule has 0 aliphatic carbocycles. The summed E-state index contributed by atoms with van der Waals surface area (Å²) in [7, 11) is 0. The van der Waals surface area contributed by atoms with Crippen molar-refractivity contribution in [3.05, 3.63) is 60.0 Å². The van der Waals surface area contributed by atoms with Crippen molar-refractivity contribution in [2.75, 3.05) is 18.5 Å². The first kappa shape index (κ1) is 19.4. The van der Waals surface area contributed by atoms with Crippen LogP contribution < -0.4 is 10.1 Å². The average Bonchev–Trinajstić information content (AvgIpc) is 3.07. The van der Waals surface area contributed by atoms with Crippen molar-refractivity contribution in [1.29, 1.82) is 0 Å². The maximum Gasteiger partial charge on any atom is 0.338 e. The van der Waals surface area contributed by atoms with Gasteiger partial charge in [0.1, 0.15) is 0 Å². The molecule has 2 heterocycles. The highest BCUT2D eigenvalue weighted by Gasteiger charge is 2.11. The van der Waals surface area contributed by atoms with Crippen molar-refractivity contribution in [1.82, 2.24) is 9.38 Å². The Morgan fingerprint density at radius 1 is 1.21 bits per heavy atom. The van der Waals surface area contributed by atoms with Crippen LogP contribution in [0.1, 0.15) is 35.8 Å². The normalized spacial score (nSPS) is 10.6. The number of hydrogen-bond acceptors (Lipinski definition) is 5. The second-order valence-electron chi connectivity index (χ2n) is 6.39. The Hall–Kier alpha value is -3.35. The first-order valence-corrected chi connectivity index (χ1v) is 9.21. The lowest BCUT2D eigenvalue weighted by molar-refractivity contribution is -0.118. The topological polar surface area (TPSA) is 81.9 Å². The zero-order valence-electron chi connectivity index (χ0n) is 16.0. The number of unbranched alkanes of at least 4 members (excludes halogenated alkanes) is 1. The summed E-state index contributed by atoms with van der Waals surface area (Å²) in [6.45, 7) is 4.14. The van der Waals surface area contributed by atoms with E-state index in [-0.39, 0.29) is 12.5 Å². The van der Waals surface area contributed by atoms with Crippen molar-refractivity contribution in [2.45, 2.75) is 26.7 Å². The first-order chi connectivity index (χ1) is 13.6. The minimum Gasteiger partial charge on any atom is -0.480 e. The SMILES string of the molecule is CCCCOC(=O)c1cccc(NC(=O)COc2cccn3cc(C)nc23)c1. The number of pyridine rings is 1. The molecule has 28 heavy (non-hydrogen) atoms. The van der Waals surface area contributed by atoms with Gasteiger partial charge in [0.15, 0.2) is 18.0 Å². The third-order valence-corrected chi connectivity index (χ3v) is 4.04.